The number of fused-ring (bicyclic) bond motifs is 1. The molecule has 0 bridgehead atoms. The van der Waals surface area contributed by atoms with E-state index in [0.717, 1.165) is 13.0 Å². The van der Waals surface area contributed by atoms with Gasteiger partial charge in [0.05, 0.1) is 11.6 Å². The first-order chi connectivity index (χ1) is 11.3. The lowest BCUT2D eigenvalue weighted by Gasteiger charge is -2.22. The quantitative estimate of drug-likeness (QED) is 0.840. The average molecular weight is 350 g/mol. The van der Waals surface area contributed by atoms with Crippen molar-refractivity contribution < 1.29 is 9.53 Å². The molecule has 24 heavy (non-hydrogen) atoms. The van der Waals surface area contributed by atoms with Crippen molar-refractivity contribution in [2.24, 2.45) is 0 Å². The van der Waals surface area contributed by atoms with Crippen LogP contribution in [0.2, 0.25) is 5.28 Å². The van der Waals surface area contributed by atoms with Crippen molar-refractivity contribution in [2.75, 3.05) is 18.0 Å². The van der Waals surface area contributed by atoms with Gasteiger partial charge < -0.3 is 15.0 Å². The van der Waals surface area contributed by atoms with Crippen molar-refractivity contribution in [3.8, 4) is 0 Å². The molecule has 0 aromatic carbocycles. The van der Waals surface area contributed by atoms with Crippen LogP contribution in [0, 0.1) is 0 Å². The fourth-order valence-electron chi connectivity index (χ4n) is 2.69. The molecule has 3 heterocycles. The molecule has 0 aliphatic carbocycles. The summed E-state index contributed by atoms with van der Waals surface area (Å²) < 4.78 is 5.30. The third kappa shape index (κ3) is 3.84. The van der Waals surface area contributed by atoms with Crippen LogP contribution in [0.4, 0.5) is 10.6 Å². The topological polar surface area (TPSA) is 80.2 Å². The summed E-state index contributed by atoms with van der Waals surface area (Å²) in [6.45, 7) is 6.90. The number of pyridine rings is 1. The van der Waals surface area contributed by atoms with E-state index in [1.165, 1.54) is 0 Å². The zero-order chi connectivity index (χ0) is 17.3. The van der Waals surface area contributed by atoms with Crippen molar-refractivity contribution in [1.29, 1.82) is 0 Å². The molecular weight excluding hydrogens is 330 g/mol. The van der Waals surface area contributed by atoms with Gasteiger partial charge in [0.2, 0.25) is 5.28 Å². The minimum Gasteiger partial charge on any atom is -0.444 e. The predicted molar refractivity (Wildman–Crippen MR) is 92.3 cm³/mol. The van der Waals surface area contributed by atoms with Crippen LogP contribution >= 0.6 is 11.6 Å². The summed E-state index contributed by atoms with van der Waals surface area (Å²) >= 11 is 6.03. The molecule has 0 radical (unpaired) electrons. The Hall–Kier alpha value is -2.15. The van der Waals surface area contributed by atoms with Gasteiger partial charge in [0.15, 0.2) is 5.82 Å². The van der Waals surface area contributed by atoms with Crippen LogP contribution in [0.5, 0.6) is 0 Å². The number of nitrogens with zero attached hydrogens (tertiary/aromatic N) is 4. The molecule has 1 aliphatic rings. The zero-order valence-corrected chi connectivity index (χ0v) is 14.7. The van der Waals surface area contributed by atoms with E-state index in [4.69, 9.17) is 16.3 Å². The van der Waals surface area contributed by atoms with E-state index in [1.807, 2.05) is 32.9 Å². The van der Waals surface area contributed by atoms with E-state index < -0.39 is 11.7 Å². The van der Waals surface area contributed by atoms with E-state index in [0.29, 0.717) is 23.4 Å². The number of rotatable bonds is 2. The number of hydrogen-bond acceptors (Lipinski definition) is 6. The Morgan fingerprint density at radius 1 is 1.42 bits per heavy atom. The Balaban J connectivity index is 1.73. The fraction of sp³-hybridized carbons (Fsp3) is 0.500. The maximum Gasteiger partial charge on any atom is 0.407 e. The normalized spacial score (nSPS) is 18.0. The van der Waals surface area contributed by atoms with Crippen LogP contribution < -0.4 is 10.2 Å². The molecule has 8 heteroatoms. The van der Waals surface area contributed by atoms with Crippen LogP contribution in [0.1, 0.15) is 27.2 Å². The summed E-state index contributed by atoms with van der Waals surface area (Å²) in [6, 6.07) is 3.66. The van der Waals surface area contributed by atoms with Crippen molar-refractivity contribution in [3.05, 3.63) is 23.6 Å². The van der Waals surface area contributed by atoms with Crippen molar-refractivity contribution >= 4 is 34.5 Å². The molecule has 1 fully saturated rings. The van der Waals surface area contributed by atoms with Gasteiger partial charge in [-0.25, -0.2) is 9.78 Å². The lowest BCUT2D eigenvalue weighted by atomic mass is 10.2. The highest BCUT2D eigenvalue weighted by molar-refractivity contribution is 6.28. The Morgan fingerprint density at radius 3 is 2.96 bits per heavy atom. The first-order valence-corrected chi connectivity index (χ1v) is 8.22. The lowest BCUT2D eigenvalue weighted by molar-refractivity contribution is 0.0509. The molecule has 1 atom stereocenters. The molecule has 2 aromatic heterocycles. The van der Waals surface area contributed by atoms with Gasteiger partial charge in [-0.3, -0.25) is 4.98 Å². The Kier molecular flexibility index (Phi) is 4.45. The van der Waals surface area contributed by atoms with Gasteiger partial charge in [-0.2, -0.15) is 4.98 Å². The number of carbonyl (C=O) groups excluding carboxylic acids is 1. The molecule has 0 spiro atoms. The number of hydrogen-bond donors (Lipinski definition) is 1. The SMILES string of the molecule is CC(C)(C)OC(=O)N[C@H]1CCN(c2nc(Cl)nc3cccnc23)C1. The maximum absolute atomic E-state index is 11.9. The number of aromatic nitrogens is 3. The van der Waals surface area contributed by atoms with Gasteiger partial charge >= 0.3 is 6.09 Å². The number of amides is 1. The highest BCUT2D eigenvalue weighted by Gasteiger charge is 2.28. The van der Waals surface area contributed by atoms with Crippen molar-refractivity contribution in [2.45, 2.75) is 38.8 Å². The molecular formula is C16H20ClN5O2. The lowest BCUT2D eigenvalue weighted by Crippen LogP contribution is -2.40. The monoisotopic (exact) mass is 349 g/mol. The number of ether oxygens (including phenoxy) is 1. The smallest absolute Gasteiger partial charge is 0.407 e. The standard InChI is InChI=1S/C16H20ClN5O2/c1-16(2,3)24-15(23)19-10-6-8-22(9-10)13-12-11(5-4-7-18-12)20-14(17)21-13/h4-5,7,10H,6,8-9H2,1-3H3,(H,19,23)/t10-/m0/s1. The second-order valence-electron chi connectivity index (χ2n) is 6.77. The number of alkyl carbamates (subject to hydrolysis) is 1. The Labute approximate surface area is 145 Å². The number of anilines is 1. The molecule has 0 unspecified atom stereocenters. The fourth-order valence-corrected chi connectivity index (χ4v) is 2.86. The average Bonchev–Trinajstić information content (AvgIpc) is 2.92. The second kappa shape index (κ2) is 6.39. The highest BCUT2D eigenvalue weighted by Crippen LogP contribution is 2.26. The van der Waals surface area contributed by atoms with E-state index >= 15 is 0 Å². The summed E-state index contributed by atoms with van der Waals surface area (Å²) in [6.07, 6.45) is 2.10. The Bertz CT molecular complexity index is 762. The summed E-state index contributed by atoms with van der Waals surface area (Å²) in [4.78, 5) is 26.9. The van der Waals surface area contributed by atoms with E-state index in [9.17, 15) is 4.79 Å². The van der Waals surface area contributed by atoms with E-state index in [1.54, 1.807) is 6.20 Å². The van der Waals surface area contributed by atoms with Crippen LogP contribution in [0.25, 0.3) is 11.0 Å². The van der Waals surface area contributed by atoms with E-state index in [-0.39, 0.29) is 11.3 Å². The van der Waals surface area contributed by atoms with Crippen molar-refractivity contribution in [1.82, 2.24) is 20.3 Å². The summed E-state index contributed by atoms with van der Waals surface area (Å²) in [5, 5.41) is 3.09. The number of halogens is 1. The molecule has 2 aromatic rings. The van der Waals surface area contributed by atoms with Crippen LogP contribution in [-0.4, -0.2) is 45.8 Å². The third-order valence-corrected chi connectivity index (χ3v) is 3.79. The molecule has 1 N–H and O–H groups in total. The molecule has 7 nitrogen and oxygen atoms in total. The summed E-state index contributed by atoms with van der Waals surface area (Å²) in [7, 11) is 0. The molecule has 1 aliphatic heterocycles. The summed E-state index contributed by atoms with van der Waals surface area (Å²) in [5.41, 5.74) is 0.902. The van der Waals surface area contributed by atoms with Gasteiger partial charge in [-0.05, 0) is 50.9 Å². The largest absolute Gasteiger partial charge is 0.444 e. The van der Waals surface area contributed by atoms with Crippen LogP contribution in [0.3, 0.4) is 0 Å². The molecule has 128 valence electrons. The first kappa shape index (κ1) is 16.7. The van der Waals surface area contributed by atoms with Gasteiger partial charge in [0.1, 0.15) is 11.1 Å². The molecule has 0 saturated carbocycles. The maximum atomic E-state index is 11.9. The first-order valence-electron chi connectivity index (χ1n) is 7.84. The second-order valence-corrected chi connectivity index (χ2v) is 7.10. The molecule has 3 rings (SSSR count). The van der Waals surface area contributed by atoms with Crippen LogP contribution in [-0.2, 0) is 4.74 Å². The van der Waals surface area contributed by atoms with Gasteiger partial charge in [-0.15, -0.1) is 0 Å². The summed E-state index contributed by atoms with van der Waals surface area (Å²) in [5.74, 6) is 0.694. The van der Waals surface area contributed by atoms with E-state index in [2.05, 4.69) is 25.2 Å². The number of carbonyl (C=O) groups is 1. The van der Waals surface area contributed by atoms with Gasteiger partial charge in [0, 0.05) is 19.3 Å². The molecule has 1 saturated heterocycles. The highest BCUT2D eigenvalue weighted by atomic mass is 35.5. The third-order valence-electron chi connectivity index (χ3n) is 3.62. The van der Waals surface area contributed by atoms with Gasteiger partial charge in [-0.1, -0.05) is 0 Å². The molecule has 1 amide bonds. The number of nitrogens with one attached hydrogen (secondary N) is 1. The minimum absolute atomic E-state index is 0.00708. The predicted octanol–water partition coefficient (Wildman–Crippen LogP) is 2.78. The minimum atomic E-state index is -0.511. The Morgan fingerprint density at radius 2 is 2.21 bits per heavy atom. The van der Waals surface area contributed by atoms with Gasteiger partial charge in [0.25, 0.3) is 0 Å². The van der Waals surface area contributed by atoms with Crippen LogP contribution in [0.15, 0.2) is 18.3 Å². The van der Waals surface area contributed by atoms with Crippen molar-refractivity contribution in [3.63, 3.8) is 0 Å². The zero-order valence-electron chi connectivity index (χ0n) is 13.9.